The lowest BCUT2D eigenvalue weighted by atomic mass is 9.53. The van der Waals surface area contributed by atoms with Gasteiger partial charge in [-0.15, -0.1) is 0 Å². The third-order valence-corrected chi connectivity index (χ3v) is 10.5. The third-order valence-electron chi connectivity index (χ3n) is 8.36. The predicted octanol–water partition coefficient (Wildman–Crippen LogP) is 2.66. The molecule has 33 heavy (non-hydrogen) atoms. The van der Waals surface area contributed by atoms with Crippen molar-refractivity contribution in [3.63, 3.8) is 0 Å². The lowest BCUT2D eigenvalue weighted by Gasteiger charge is -2.57. The van der Waals surface area contributed by atoms with E-state index in [9.17, 15) is 13.5 Å². The van der Waals surface area contributed by atoms with Crippen molar-refractivity contribution >= 4 is 10.0 Å². The molecule has 0 bridgehead atoms. The molecule has 1 aromatic carbocycles. The van der Waals surface area contributed by atoms with Crippen LogP contribution in [0.5, 0.6) is 0 Å². The van der Waals surface area contributed by atoms with Crippen LogP contribution in [-0.4, -0.2) is 56.4 Å². The number of rotatable bonds is 3. The number of aliphatic hydroxyl groups is 1. The maximum absolute atomic E-state index is 13.4. The molecule has 2 aliphatic heterocycles. The van der Waals surface area contributed by atoms with Gasteiger partial charge >= 0.3 is 0 Å². The number of imidazole rings is 1. The number of sulfonamides is 1. The third kappa shape index (κ3) is 2.79. The standard InChI is InChI=1S/C24H29N5O3S/c1-15-22(16(2)27(3)26-15)33(31,32)28-10-8-24(9-11-28)12-19(23(24)30)21-18-7-5-4-6-17(18)20-13-25-14-29(20)21/h4-7,13-14,19,21,23,30H,8-12H2,1-3H3/t19-,21+,23+/m0/s1. The maximum Gasteiger partial charge on any atom is 0.246 e. The lowest BCUT2D eigenvalue weighted by molar-refractivity contribution is -0.152. The minimum atomic E-state index is -3.60. The quantitative estimate of drug-likeness (QED) is 0.639. The molecule has 0 radical (unpaired) electrons. The first-order valence-electron chi connectivity index (χ1n) is 11.5. The summed E-state index contributed by atoms with van der Waals surface area (Å²) in [5.74, 6) is 0.104. The predicted molar refractivity (Wildman–Crippen MR) is 123 cm³/mol. The number of benzene rings is 1. The second-order valence-corrected chi connectivity index (χ2v) is 11.8. The van der Waals surface area contributed by atoms with Crippen molar-refractivity contribution in [1.82, 2.24) is 23.6 Å². The van der Waals surface area contributed by atoms with Crippen molar-refractivity contribution in [2.24, 2.45) is 18.4 Å². The van der Waals surface area contributed by atoms with E-state index in [2.05, 4.69) is 32.8 Å². The van der Waals surface area contributed by atoms with E-state index in [1.54, 1.807) is 29.9 Å². The van der Waals surface area contributed by atoms with Crippen molar-refractivity contribution in [3.05, 3.63) is 53.7 Å². The zero-order valence-corrected chi connectivity index (χ0v) is 20.0. The number of piperidine rings is 1. The Balaban J connectivity index is 1.21. The van der Waals surface area contributed by atoms with Crippen molar-refractivity contribution in [1.29, 1.82) is 0 Å². The normalized spacial score (nSPS) is 26.2. The van der Waals surface area contributed by atoms with Crippen LogP contribution >= 0.6 is 0 Å². The van der Waals surface area contributed by atoms with Gasteiger partial charge in [0.15, 0.2) is 0 Å². The molecule has 174 valence electrons. The largest absolute Gasteiger partial charge is 0.392 e. The molecule has 8 nitrogen and oxygen atoms in total. The van der Waals surface area contributed by atoms with Gasteiger partial charge in [0.25, 0.3) is 0 Å². The number of aromatic nitrogens is 4. The molecule has 2 aromatic heterocycles. The highest BCUT2D eigenvalue weighted by atomic mass is 32.2. The SMILES string of the molecule is Cc1nn(C)c(C)c1S(=O)(=O)N1CCC2(CC1)C[C@@H]([C@H]1c3ccccc3-c3cncn31)[C@H]2O. The second kappa shape index (κ2) is 7.01. The summed E-state index contributed by atoms with van der Waals surface area (Å²) in [4.78, 5) is 4.67. The Bertz CT molecular complexity index is 1350. The first-order chi connectivity index (χ1) is 15.7. The molecule has 1 saturated heterocycles. The molecule has 2 fully saturated rings. The van der Waals surface area contributed by atoms with Crippen LogP contribution in [0.4, 0.5) is 0 Å². The number of nitrogens with zero attached hydrogens (tertiary/aromatic N) is 5. The van der Waals surface area contributed by atoms with Gasteiger partial charge in [0, 0.05) is 31.6 Å². The molecule has 0 amide bonds. The molecule has 9 heteroatoms. The van der Waals surface area contributed by atoms with Gasteiger partial charge < -0.3 is 9.67 Å². The molecule has 4 heterocycles. The monoisotopic (exact) mass is 467 g/mol. The summed E-state index contributed by atoms with van der Waals surface area (Å²) < 4.78 is 32.1. The van der Waals surface area contributed by atoms with E-state index in [4.69, 9.17) is 0 Å². The summed E-state index contributed by atoms with van der Waals surface area (Å²) >= 11 is 0. The van der Waals surface area contributed by atoms with E-state index in [-0.39, 0.29) is 17.4 Å². The summed E-state index contributed by atoms with van der Waals surface area (Å²) in [6.45, 7) is 4.40. The fourth-order valence-corrected chi connectivity index (χ4v) is 8.36. The molecule has 3 aromatic rings. The molecular formula is C24H29N5O3S. The van der Waals surface area contributed by atoms with E-state index in [0.29, 0.717) is 42.2 Å². The highest BCUT2D eigenvalue weighted by Crippen LogP contribution is 2.59. The van der Waals surface area contributed by atoms with Gasteiger partial charge in [-0.25, -0.2) is 13.4 Å². The Morgan fingerprint density at radius 3 is 2.55 bits per heavy atom. The van der Waals surface area contributed by atoms with E-state index in [1.807, 2.05) is 18.6 Å². The van der Waals surface area contributed by atoms with Crippen LogP contribution in [0.1, 0.15) is 42.3 Å². The summed E-state index contributed by atoms with van der Waals surface area (Å²) in [6.07, 6.45) is 5.54. The Kier molecular flexibility index (Phi) is 4.47. The van der Waals surface area contributed by atoms with Crippen LogP contribution in [-0.2, 0) is 17.1 Å². The first-order valence-corrected chi connectivity index (χ1v) is 13.0. The highest BCUT2D eigenvalue weighted by Gasteiger charge is 2.58. The zero-order valence-electron chi connectivity index (χ0n) is 19.1. The van der Waals surface area contributed by atoms with Gasteiger partial charge in [0.05, 0.1) is 41.8 Å². The van der Waals surface area contributed by atoms with Crippen LogP contribution in [0, 0.1) is 25.2 Å². The van der Waals surface area contributed by atoms with Crippen LogP contribution in [0.3, 0.4) is 0 Å². The van der Waals surface area contributed by atoms with Gasteiger partial charge in [0.1, 0.15) is 4.90 Å². The molecule has 3 atom stereocenters. The summed E-state index contributed by atoms with van der Waals surface area (Å²) in [7, 11) is -1.83. The molecule has 1 saturated carbocycles. The van der Waals surface area contributed by atoms with E-state index in [0.717, 1.165) is 12.1 Å². The molecule has 1 spiro atoms. The average molecular weight is 468 g/mol. The number of aryl methyl sites for hydroxylation is 2. The van der Waals surface area contributed by atoms with Gasteiger partial charge in [-0.3, -0.25) is 4.68 Å². The van der Waals surface area contributed by atoms with Crippen LogP contribution in [0.15, 0.2) is 41.7 Å². The van der Waals surface area contributed by atoms with Crippen molar-refractivity contribution in [2.45, 2.75) is 50.2 Å². The Hall–Kier alpha value is -2.49. The summed E-state index contributed by atoms with van der Waals surface area (Å²) in [5.41, 5.74) is 4.52. The van der Waals surface area contributed by atoms with Crippen molar-refractivity contribution in [2.75, 3.05) is 13.1 Å². The minimum absolute atomic E-state index is 0.0850. The Labute approximate surface area is 193 Å². The highest BCUT2D eigenvalue weighted by molar-refractivity contribution is 7.89. The molecule has 1 N–H and O–H groups in total. The molecule has 1 aliphatic carbocycles. The maximum atomic E-state index is 13.4. The first kappa shape index (κ1) is 21.1. The number of hydrogen-bond acceptors (Lipinski definition) is 5. The summed E-state index contributed by atoms with van der Waals surface area (Å²) in [5, 5.41) is 15.7. The van der Waals surface area contributed by atoms with Crippen molar-refractivity contribution < 1.29 is 13.5 Å². The number of aliphatic hydroxyl groups excluding tert-OH is 1. The lowest BCUT2D eigenvalue weighted by Crippen LogP contribution is -2.59. The fraction of sp³-hybridized carbons (Fsp3) is 0.500. The van der Waals surface area contributed by atoms with E-state index < -0.39 is 16.1 Å². The molecule has 6 rings (SSSR count). The second-order valence-electron chi connectivity index (χ2n) is 9.92. The van der Waals surface area contributed by atoms with Crippen LogP contribution < -0.4 is 0 Å². The Morgan fingerprint density at radius 1 is 1.15 bits per heavy atom. The van der Waals surface area contributed by atoms with Gasteiger partial charge in [-0.05, 0) is 44.1 Å². The van der Waals surface area contributed by atoms with Gasteiger partial charge in [-0.2, -0.15) is 9.40 Å². The van der Waals surface area contributed by atoms with Crippen molar-refractivity contribution in [3.8, 4) is 11.3 Å². The van der Waals surface area contributed by atoms with E-state index >= 15 is 0 Å². The number of fused-ring (bicyclic) bond motifs is 3. The fourth-order valence-electron chi connectivity index (χ4n) is 6.52. The minimum Gasteiger partial charge on any atom is -0.392 e. The zero-order chi connectivity index (χ0) is 23.1. The molecule has 3 aliphatic rings. The smallest absolute Gasteiger partial charge is 0.246 e. The topological polar surface area (TPSA) is 93.3 Å². The van der Waals surface area contributed by atoms with Crippen LogP contribution in [0.2, 0.25) is 0 Å². The molecule has 0 unspecified atom stereocenters. The Morgan fingerprint density at radius 2 is 1.88 bits per heavy atom. The number of hydrogen-bond donors (Lipinski definition) is 1. The average Bonchev–Trinajstić information content (AvgIpc) is 3.45. The van der Waals surface area contributed by atoms with Gasteiger partial charge in [0.2, 0.25) is 10.0 Å². The van der Waals surface area contributed by atoms with Crippen LogP contribution in [0.25, 0.3) is 11.3 Å². The van der Waals surface area contributed by atoms with E-state index in [1.165, 1.54) is 11.1 Å². The van der Waals surface area contributed by atoms with Gasteiger partial charge in [-0.1, -0.05) is 24.3 Å². The molecular weight excluding hydrogens is 438 g/mol. The summed E-state index contributed by atoms with van der Waals surface area (Å²) in [6, 6.07) is 8.45.